The summed E-state index contributed by atoms with van der Waals surface area (Å²) in [5, 5.41) is 6.83. The van der Waals surface area contributed by atoms with Crippen LogP contribution >= 0.6 is 35.3 Å². The van der Waals surface area contributed by atoms with Crippen molar-refractivity contribution in [2.75, 3.05) is 19.4 Å². The molecular weight excluding hydrogens is 334 g/mol. The minimum absolute atomic E-state index is 0.163. The summed E-state index contributed by atoms with van der Waals surface area (Å²) in [5.41, 5.74) is 1.37. The fourth-order valence-corrected chi connectivity index (χ4v) is 4.09. The van der Waals surface area contributed by atoms with Gasteiger partial charge in [0.05, 0.1) is 7.11 Å². The van der Waals surface area contributed by atoms with Gasteiger partial charge in [0.25, 0.3) is 0 Å². The fourth-order valence-electron chi connectivity index (χ4n) is 2.06. The zero-order valence-electron chi connectivity index (χ0n) is 12.5. The summed E-state index contributed by atoms with van der Waals surface area (Å²) >= 11 is 8.66. The average molecular weight is 354 g/mol. The van der Waals surface area contributed by atoms with Crippen molar-refractivity contribution in [1.82, 2.24) is 5.32 Å². The van der Waals surface area contributed by atoms with Crippen LogP contribution in [0.25, 0.3) is 10.1 Å². The lowest BCUT2D eigenvalue weighted by Gasteiger charge is -2.07. The maximum absolute atomic E-state index is 11.0. The standard InChI is InChI=1S/C16H19NO2S3/c1-19-15(18)7-4-10-21-16(20)17-9-8-12-11-22-14-6-3-2-5-13(12)14/h2-3,5-6,11H,4,7-10H2,1H3,(H,17,20). The first-order valence-electron chi connectivity index (χ1n) is 7.13. The number of carbonyl (C=O) groups excluding carboxylic acids is 1. The van der Waals surface area contributed by atoms with E-state index in [2.05, 4.69) is 39.7 Å². The Morgan fingerprint density at radius 2 is 2.23 bits per heavy atom. The number of thioether (sulfide) groups is 1. The number of methoxy groups -OCH3 is 1. The fraction of sp³-hybridized carbons (Fsp3) is 0.375. The van der Waals surface area contributed by atoms with Crippen LogP contribution < -0.4 is 5.32 Å². The Balaban J connectivity index is 1.66. The zero-order chi connectivity index (χ0) is 15.8. The Hall–Kier alpha value is -1.11. The summed E-state index contributed by atoms with van der Waals surface area (Å²) in [7, 11) is 1.41. The molecule has 0 atom stereocenters. The molecule has 0 radical (unpaired) electrons. The van der Waals surface area contributed by atoms with Gasteiger partial charge in [0.1, 0.15) is 4.32 Å². The zero-order valence-corrected chi connectivity index (χ0v) is 14.9. The molecule has 0 saturated carbocycles. The molecule has 118 valence electrons. The maximum Gasteiger partial charge on any atom is 0.305 e. The number of ether oxygens (including phenoxy) is 1. The molecule has 0 spiro atoms. The number of carbonyl (C=O) groups is 1. The summed E-state index contributed by atoms with van der Waals surface area (Å²) < 4.78 is 6.73. The number of benzene rings is 1. The molecule has 3 nitrogen and oxygen atoms in total. The van der Waals surface area contributed by atoms with E-state index in [0.717, 1.165) is 29.5 Å². The summed E-state index contributed by atoms with van der Waals surface area (Å²) in [4.78, 5) is 11.0. The molecule has 1 heterocycles. The molecular formula is C16H19NO2S3. The number of fused-ring (bicyclic) bond motifs is 1. The van der Waals surface area contributed by atoms with E-state index in [1.54, 1.807) is 23.1 Å². The van der Waals surface area contributed by atoms with E-state index in [4.69, 9.17) is 12.2 Å². The Kier molecular flexibility index (Phi) is 7.15. The largest absolute Gasteiger partial charge is 0.469 e. The Morgan fingerprint density at radius 1 is 1.41 bits per heavy atom. The lowest BCUT2D eigenvalue weighted by Crippen LogP contribution is -2.21. The van der Waals surface area contributed by atoms with Gasteiger partial charge in [0, 0.05) is 23.4 Å². The highest BCUT2D eigenvalue weighted by Crippen LogP contribution is 2.25. The minimum atomic E-state index is -0.163. The summed E-state index contributed by atoms with van der Waals surface area (Å²) in [6.07, 6.45) is 2.20. The molecule has 22 heavy (non-hydrogen) atoms. The van der Waals surface area contributed by atoms with Crippen LogP contribution in [0.2, 0.25) is 0 Å². The first kappa shape index (κ1) is 17.2. The second-order valence-corrected chi connectivity index (χ2v) is 7.43. The lowest BCUT2D eigenvalue weighted by atomic mass is 10.1. The van der Waals surface area contributed by atoms with Crippen molar-refractivity contribution in [1.29, 1.82) is 0 Å². The number of esters is 1. The topological polar surface area (TPSA) is 38.3 Å². The smallest absolute Gasteiger partial charge is 0.305 e. The van der Waals surface area contributed by atoms with Gasteiger partial charge < -0.3 is 10.1 Å². The molecule has 0 aliphatic rings. The van der Waals surface area contributed by atoms with E-state index in [9.17, 15) is 4.79 Å². The van der Waals surface area contributed by atoms with Gasteiger partial charge in [-0.05, 0) is 35.2 Å². The normalized spacial score (nSPS) is 10.6. The third-order valence-electron chi connectivity index (χ3n) is 3.21. The predicted molar refractivity (Wildman–Crippen MR) is 99.8 cm³/mol. The van der Waals surface area contributed by atoms with Crippen LogP contribution in [-0.2, 0) is 16.0 Å². The summed E-state index contributed by atoms with van der Waals surface area (Å²) in [6.45, 7) is 0.837. The molecule has 2 rings (SSSR count). The monoisotopic (exact) mass is 353 g/mol. The van der Waals surface area contributed by atoms with E-state index < -0.39 is 0 Å². The van der Waals surface area contributed by atoms with E-state index in [1.165, 1.54) is 22.8 Å². The van der Waals surface area contributed by atoms with Crippen molar-refractivity contribution in [2.24, 2.45) is 0 Å². The van der Waals surface area contributed by atoms with Gasteiger partial charge in [-0.15, -0.1) is 11.3 Å². The SMILES string of the molecule is COC(=O)CCCSC(=S)NCCc1csc2ccccc12. The van der Waals surface area contributed by atoms with Crippen LogP contribution in [0.1, 0.15) is 18.4 Å². The van der Waals surface area contributed by atoms with Crippen molar-refractivity contribution in [3.8, 4) is 0 Å². The first-order valence-corrected chi connectivity index (χ1v) is 9.40. The predicted octanol–water partition coefficient (Wildman–Crippen LogP) is 4.00. The van der Waals surface area contributed by atoms with Crippen molar-refractivity contribution >= 4 is 55.7 Å². The number of thiocarbonyl (C=S) groups is 1. The van der Waals surface area contributed by atoms with Gasteiger partial charge in [-0.2, -0.15) is 0 Å². The first-order chi connectivity index (χ1) is 10.7. The molecule has 1 N–H and O–H groups in total. The highest BCUT2D eigenvalue weighted by Gasteiger charge is 2.04. The second kappa shape index (κ2) is 9.12. The molecule has 0 aliphatic heterocycles. The summed E-state index contributed by atoms with van der Waals surface area (Å²) in [6, 6.07) is 8.47. The van der Waals surface area contributed by atoms with E-state index in [0.29, 0.717) is 6.42 Å². The highest BCUT2D eigenvalue weighted by atomic mass is 32.2. The number of hydrogen-bond donors (Lipinski definition) is 1. The lowest BCUT2D eigenvalue weighted by molar-refractivity contribution is -0.140. The molecule has 0 unspecified atom stereocenters. The number of rotatable bonds is 7. The third kappa shape index (κ3) is 5.26. The van der Waals surface area contributed by atoms with Crippen LogP contribution in [0.4, 0.5) is 0 Å². The average Bonchev–Trinajstić information content (AvgIpc) is 2.95. The van der Waals surface area contributed by atoms with Crippen molar-refractivity contribution < 1.29 is 9.53 Å². The van der Waals surface area contributed by atoms with Crippen LogP contribution in [0.5, 0.6) is 0 Å². The van der Waals surface area contributed by atoms with Gasteiger partial charge in [-0.3, -0.25) is 4.79 Å². The Morgan fingerprint density at radius 3 is 3.05 bits per heavy atom. The van der Waals surface area contributed by atoms with E-state index in [1.807, 2.05) is 0 Å². The quantitative estimate of drug-likeness (QED) is 0.463. The molecule has 0 amide bonds. The van der Waals surface area contributed by atoms with Crippen LogP contribution in [0.3, 0.4) is 0 Å². The Labute approximate surface area is 144 Å². The van der Waals surface area contributed by atoms with E-state index in [-0.39, 0.29) is 5.97 Å². The van der Waals surface area contributed by atoms with Gasteiger partial charge in [0.15, 0.2) is 0 Å². The maximum atomic E-state index is 11.0. The summed E-state index contributed by atoms with van der Waals surface area (Å²) in [5.74, 6) is 0.672. The van der Waals surface area contributed by atoms with Crippen LogP contribution in [0, 0.1) is 0 Å². The molecule has 1 aromatic heterocycles. The van der Waals surface area contributed by atoms with Gasteiger partial charge in [-0.1, -0.05) is 42.2 Å². The molecule has 2 aromatic rings. The number of nitrogens with one attached hydrogen (secondary N) is 1. The van der Waals surface area contributed by atoms with Gasteiger partial charge >= 0.3 is 5.97 Å². The van der Waals surface area contributed by atoms with Crippen molar-refractivity contribution in [2.45, 2.75) is 19.3 Å². The molecule has 0 saturated heterocycles. The van der Waals surface area contributed by atoms with Gasteiger partial charge in [0.2, 0.25) is 0 Å². The second-order valence-electron chi connectivity index (χ2n) is 4.75. The van der Waals surface area contributed by atoms with Gasteiger partial charge in [-0.25, -0.2) is 0 Å². The highest BCUT2D eigenvalue weighted by molar-refractivity contribution is 8.22. The van der Waals surface area contributed by atoms with Crippen molar-refractivity contribution in [3.63, 3.8) is 0 Å². The molecule has 0 fully saturated rings. The minimum Gasteiger partial charge on any atom is -0.469 e. The molecule has 1 aromatic carbocycles. The van der Waals surface area contributed by atoms with Crippen LogP contribution in [-0.4, -0.2) is 29.7 Å². The molecule has 0 aliphatic carbocycles. The number of thiophene rings is 1. The van der Waals surface area contributed by atoms with Crippen molar-refractivity contribution in [3.05, 3.63) is 35.2 Å². The van der Waals surface area contributed by atoms with Crippen LogP contribution in [0.15, 0.2) is 29.6 Å². The number of hydrogen-bond acceptors (Lipinski definition) is 5. The Bertz CT molecular complexity index is 639. The molecule has 6 heteroatoms. The third-order valence-corrected chi connectivity index (χ3v) is 5.62. The molecule has 0 bridgehead atoms. The van der Waals surface area contributed by atoms with E-state index >= 15 is 0 Å².